The van der Waals surface area contributed by atoms with E-state index in [2.05, 4.69) is 5.32 Å². The molecule has 0 fully saturated rings. The first-order valence-electron chi connectivity index (χ1n) is 6.36. The molecule has 0 aliphatic rings. The summed E-state index contributed by atoms with van der Waals surface area (Å²) < 4.78 is 18.5. The zero-order valence-electron chi connectivity index (χ0n) is 11.5. The molecule has 6 heteroatoms. The number of amides is 1. The fraction of sp³-hybridized carbons (Fsp3) is 0.429. The second-order valence-corrected chi connectivity index (χ2v) is 4.35. The van der Waals surface area contributed by atoms with Gasteiger partial charge in [0, 0.05) is 6.07 Å². The van der Waals surface area contributed by atoms with E-state index in [1.165, 1.54) is 19.2 Å². The second-order valence-electron chi connectivity index (χ2n) is 4.35. The Kier molecular flexibility index (Phi) is 5.96. The van der Waals surface area contributed by atoms with Crippen LogP contribution in [0.3, 0.4) is 0 Å². The van der Waals surface area contributed by atoms with Gasteiger partial charge in [-0.2, -0.15) is 0 Å². The number of carboxylic acid groups (broad SMARTS) is 1. The van der Waals surface area contributed by atoms with Crippen LogP contribution in [0.2, 0.25) is 0 Å². The van der Waals surface area contributed by atoms with Crippen LogP contribution in [0.5, 0.6) is 5.75 Å². The van der Waals surface area contributed by atoms with Crippen molar-refractivity contribution in [1.29, 1.82) is 0 Å². The predicted octanol–water partition coefficient (Wildman–Crippen LogP) is 2.21. The summed E-state index contributed by atoms with van der Waals surface area (Å²) in [5.41, 5.74) is -0.200. The zero-order valence-corrected chi connectivity index (χ0v) is 11.5. The van der Waals surface area contributed by atoms with Crippen LogP contribution in [0.1, 0.15) is 36.5 Å². The first kappa shape index (κ1) is 15.9. The first-order valence-corrected chi connectivity index (χ1v) is 6.36. The molecule has 0 aliphatic heterocycles. The van der Waals surface area contributed by atoms with E-state index in [1.54, 1.807) is 0 Å². The summed E-state index contributed by atoms with van der Waals surface area (Å²) in [6, 6.07) is 2.78. The Morgan fingerprint density at radius 1 is 1.45 bits per heavy atom. The molecule has 1 aromatic carbocycles. The molecule has 0 aliphatic carbocycles. The molecule has 110 valence electrons. The fourth-order valence-electron chi connectivity index (χ4n) is 1.71. The number of unbranched alkanes of at least 4 members (excludes halogenated alkanes) is 1. The van der Waals surface area contributed by atoms with E-state index < -0.39 is 23.7 Å². The van der Waals surface area contributed by atoms with Crippen LogP contribution < -0.4 is 10.1 Å². The van der Waals surface area contributed by atoms with Gasteiger partial charge in [0.2, 0.25) is 0 Å². The Morgan fingerprint density at radius 2 is 2.15 bits per heavy atom. The monoisotopic (exact) mass is 283 g/mol. The van der Waals surface area contributed by atoms with E-state index >= 15 is 0 Å². The SMILES string of the molecule is CCCCC(NC(=O)c1ccc(OC)cc1F)C(=O)O. The van der Waals surface area contributed by atoms with Crippen molar-refractivity contribution >= 4 is 11.9 Å². The van der Waals surface area contributed by atoms with Gasteiger partial charge in [-0.1, -0.05) is 19.8 Å². The van der Waals surface area contributed by atoms with Crippen LogP contribution in [0, 0.1) is 5.82 Å². The highest BCUT2D eigenvalue weighted by atomic mass is 19.1. The van der Waals surface area contributed by atoms with Crippen LogP contribution in [0.4, 0.5) is 4.39 Å². The number of carbonyl (C=O) groups excluding carboxylic acids is 1. The van der Waals surface area contributed by atoms with Crippen molar-refractivity contribution in [3.8, 4) is 5.75 Å². The van der Waals surface area contributed by atoms with Gasteiger partial charge in [-0.15, -0.1) is 0 Å². The molecule has 5 nitrogen and oxygen atoms in total. The molecule has 0 bridgehead atoms. The molecule has 1 atom stereocenters. The van der Waals surface area contributed by atoms with Crippen molar-refractivity contribution < 1.29 is 23.8 Å². The molecular weight excluding hydrogens is 265 g/mol. The van der Waals surface area contributed by atoms with Crippen LogP contribution in [-0.2, 0) is 4.79 Å². The highest BCUT2D eigenvalue weighted by Crippen LogP contribution is 2.16. The average Bonchev–Trinajstić information content (AvgIpc) is 2.42. The molecule has 1 unspecified atom stereocenters. The topological polar surface area (TPSA) is 75.6 Å². The number of benzene rings is 1. The van der Waals surface area contributed by atoms with Gasteiger partial charge in [0.15, 0.2) is 0 Å². The maximum Gasteiger partial charge on any atom is 0.326 e. The minimum Gasteiger partial charge on any atom is -0.497 e. The third-order valence-electron chi connectivity index (χ3n) is 2.87. The van der Waals surface area contributed by atoms with Gasteiger partial charge in [-0.05, 0) is 18.6 Å². The Bertz CT molecular complexity index is 490. The first-order chi connectivity index (χ1) is 9.49. The van der Waals surface area contributed by atoms with Crippen LogP contribution >= 0.6 is 0 Å². The summed E-state index contributed by atoms with van der Waals surface area (Å²) in [5.74, 6) is -2.32. The van der Waals surface area contributed by atoms with Gasteiger partial charge < -0.3 is 15.2 Å². The lowest BCUT2D eigenvalue weighted by molar-refractivity contribution is -0.139. The summed E-state index contributed by atoms with van der Waals surface area (Å²) in [6.07, 6.45) is 1.80. The standard InChI is InChI=1S/C14H18FNO4/c1-3-4-5-12(14(18)19)16-13(17)10-7-6-9(20-2)8-11(10)15/h6-8,12H,3-5H2,1-2H3,(H,16,17)(H,18,19). The molecule has 1 amide bonds. The molecule has 0 saturated heterocycles. The van der Waals surface area contributed by atoms with E-state index in [0.717, 1.165) is 12.5 Å². The van der Waals surface area contributed by atoms with Crippen LogP contribution in [0.15, 0.2) is 18.2 Å². The Labute approximate surface area is 116 Å². The summed E-state index contributed by atoms with van der Waals surface area (Å²) in [6.45, 7) is 1.92. The van der Waals surface area contributed by atoms with Gasteiger partial charge in [0.1, 0.15) is 17.6 Å². The molecule has 0 heterocycles. The van der Waals surface area contributed by atoms with E-state index in [0.29, 0.717) is 18.6 Å². The molecule has 20 heavy (non-hydrogen) atoms. The summed E-state index contributed by atoms with van der Waals surface area (Å²) in [7, 11) is 1.39. The number of aliphatic carboxylic acids is 1. The number of hydrogen-bond acceptors (Lipinski definition) is 3. The van der Waals surface area contributed by atoms with E-state index in [4.69, 9.17) is 9.84 Å². The zero-order chi connectivity index (χ0) is 15.1. The maximum absolute atomic E-state index is 13.7. The van der Waals surface area contributed by atoms with Crippen LogP contribution in [-0.4, -0.2) is 30.1 Å². The van der Waals surface area contributed by atoms with E-state index in [1.807, 2.05) is 6.92 Å². The van der Waals surface area contributed by atoms with E-state index in [-0.39, 0.29) is 5.56 Å². The lowest BCUT2D eigenvalue weighted by Gasteiger charge is -2.14. The van der Waals surface area contributed by atoms with E-state index in [9.17, 15) is 14.0 Å². The third kappa shape index (κ3) is 4.22. The lowest BCUT2D eigenvalue weighted by atomic mass is 10.1. The minimum atomic E-state index is -1.12. The molecule has 0 spiro atoms. The van der Waals surface area contributed by atoms with Crippen molar-refractivity contribution in [2.75, 3.05) is 7.11 Å². The average molecular weight is 283 g/mol. The number of carboxylic acids is 1. The molecular formula is C14H18FNO4. The Balaban J connectivity index is 2.80. The van der Waals surface area contributed by atoms with Gasteiger partial charge in [-0.25, -0.2) is 9.18 Å². The molecule has 1 aromatic rings. The van der Waals surface area contributed by atoms with Crippen molar-refractivity contribution in [1.82, 2.24) is 5.32 Å². The Hall–Kier alpha value is -2.11. The molecule has 2 N–H and O–H groups in total. The molecule has 0 saturated carbocycles. The quantitative estimate of drug-likeness (QED) is 0.804. The number of rotatable bonds is 7. The maximum atomic E-state index is 13.7. The highest BCUT2D eigenvalue weighted by Gasteiger charge is 2.21. The predicted molar refractivity (Wildman–Crippen MR) is 71.4 cm³/mol. The van der Waals surface area contributed by atoms with Crippen molar-refractivity contribution in [2.24, 2.45) is 0 Å². The number of nitrogens with one attached hydrogen (secondary N) is 1. The third-order valence-corrected chi connectivity index (χ3v) is 2.87. The second kappa shape index (κ2) is 7.47. The number of methoxy groups -OCH3 is 1. The van der Waals surface area contributed by atoms with Gasteiger partial charge in [-0.3, -0.25) is 4.79 Å². The number of carbonyl (C=O) groups is 2. The largest absolute Gasteiger partial charge is 0.497 e. The lowest BCUT2D eigenvalue weighted by Crippen LogP contribution is -2.41. The van der Waals surface area contributed by atoms with Crippen molar-refractivity contribution in [3.05, 3.63) is 29.6 Å². The molecule has 0 radical (unpaired) electrons. The fourth-order valence-corrected chi connectivity index (χ4v) is 1.71. The van der Waals surface area contributed by atoms with Gasteiger partial charge >= 0.3 is 5.97 Å². The normalized spacial score (nSPS) is 11.8. The Morgan fingerprint density at radius 3 is 2.65 bits per heavy atom. The summed E-state index contributed by atoms with van der Waals surface area (Å²) >= 11 is 0. The molecule has 1 rings (SSSR count). The van der Waals surface area contributed by atoms with Gasteiger partial charge in [0.25, 0.3) is 5.91 Å². The van der Waals surface area contributed by atoms with Crippen molar-refractivity contribution in [3.63, 3.8) is 0 Å². The number of ether oxygens (including phenoxy) is 1. The van der Waals surface area contributed by atoms with Gasteiger partial charge in [0.05, 0.1) is 12.7 Å². The minimum absolute atomic E-state index is 0.200. The highest BCUT2D eigenvalue weighted by molar-refractivity contribution is 5.96. The van der Waals surface area contributed by atoms with Crippen LogP contribution in [0.25, 0.3) is 0 Å². The number of halogens is 1. The molecule has 0 aromatic heterocycles. The summed E-state index contributed by atoms with van der Waals surface area (Å²) in [5, 5.41) is 11.3. The van der Waals surface area contributed by atoms with Crippen molar-refractivity contribution in [2.45, 2.75) is 32.2 Å². The smallest absolute Gasteiger partial charge is 0.326 e. The summed E-state index contributed by atoms with van der Waals surface area (Å²) in [4.78, 5) is 22.9. The number of hydrogen-bond donors (Lipinski definition) is 2.